The molecule has 0 bridgehead atoms. The summed E-state index contributed by atoms with van der Waals surface area (Å²) in [5.41, 5.74) is 9.32. The Morgan fingerprint density at radius 3 is 2.42 bits per heavy atom. The van der Waals surface area contributed by atoms with Crippen LogP contribution in [0.4, 0.5) is 17.3 Å². The van der Waals surface area contributed by atoms with Gasteiger partial charge >= 0.3 is 0 Å². The topological polar surface area (TPSA) is 83.8 Å². The summed E-state index contributed by atoms with van der Waals surface area (Å²) in [6.07, 6.45) is 0.507. The SMILES string of the molecule is Cc1nc(Nc2ccc(N)cc2)[nH]c(=O)c1Cc1ccc(Cl)cc1. The van der Waals surface area contributed by atoms with Crippen LogP contribution in [0, 0.1) is 6.92 Å². The molecule has 0 fully saturated rings. The van der Waals surface area contributed by atoms with Crippen molar-refractivity contribution in [2.24, 2.45) is 0 Å². The lowest BCUT2D eigenvalue weighted by atomic mass is 10.1. The Bertz CT molecular complexity index is 902. The molecule has 4 N–H and O–H groups in total. The fourth-order valence-electron chi connectivity index (χ4n) is 2.39. The molecule has 3 rings (SSSR count). The number of nitrogen functional groups attached to an aromatic ring is 1. The van der Waals surface area contributed by atoms with Crippen molar-refractivity contribution in [2.75, 3.05) is 11.1 Å². The Kier molecular flexibility index (Phi) is 4.53. The predicted octanol–water partition coefficient (Wildman–Crippen LogP) is 3.65. The lowest BCUT2D eigenvalue weighted by Gasteiger charge is -2.09. The van der Waals surface area contributed by atoms with Crippen molar-refractivity contribution in [2.45, 2.75) is 13.3 Å². The fraction of sp³-hybridized carbons (Fsp3) is 0.111. The summed E-state index contributed by atoms with van der Waals surface area (Å²) in [5, 5.41) is 3.74. The number of H-pyrrole nitrogens is 1. The van der Waals surface area contributed by atoms with Crippen molar-refractivity contribution in [3.63, 3.8) is 0 Å². The number of anilines is 3. The van der Waals surface area contributed by atoms with Crippen molar-refractivity contribution in [3.05, 3.63) is 80.7 Å². The van der Waals surface area contributed by atoms with E-state index < -0.39 is 0 Å². The number of hydrogen-bond donors (Lipinski definition) is 3. The van der Waals surface area contributed by atoms with Crippen LogP contribution in [-0.4, -0.2) is 9.97 Å². The number of aryl methyl sites for hydroxylation is 1. The molecule has 0 radical (unpaired) electrons. The third kappa shape index (κ3) is 3.75. The third-order valence-electron chi connectivity index (χ3n) is 3.69. The summed E-state index contributed by atoms with van der Waals surface area (Å²) in [6, 6.07) is 14.6. The molecule has 6 heteroatoms. The number of nitrogens with one attached hydrogen (secondary N) is 2. The van der Waals surface area contributed by atoms with Gasteiger partial charge in [-0.1, -0.05) is 23.7 Å². The van der Waals surface area contributed by atoms with E-state index >= 15 is 0 Å². The Morgan fingerprint density at radius 1 is 1.12 bits per heavy atom. The van der Waals surface area contributed by atoms with Crippen LogP contribution in [0.25, 0.3) is 0 Å². The first kappa shape index (κ1) is 16.1. The number of rotatable bonds is 4. The minimum atomic E-state index is -0.157. The molecule has 0 spiro atoms. The Morgan fingerprint density at radius 2 is 1.79 bits per heavy atom. The molecule has 3 aromatic rings. The van der Waals surface area contributed by atoms with Crippen LogP contribution in [0.2, 0.25) is 5.02 Å². The Labute approximate surface area is 144 Å². The highest BCUT2D eigenvalue weighted by Gasteiger charge is 2.09. The number of hydrogen-bond acceptors (Lipinski definition) is 4. The van der Waals surface area contributed by atoms with Gasteiger partial charge in [0.25, 0.3) is 5.56 Å². The number of aromatic nitrogens is 2. The zero-order valence-corrected chi connectivity index (χ0v) is 13.9. The first-order valence-corrected chi connectivity index (χ1v) is 7.86. The lowest BCUT2D eigenvalue weighted by Crippen LogP contribution is -2.18. The van der Waals surface area contributed by atoms with Crippen LogP contribution in [0.5, 0.6) is 0 Å². The van der Waals surface area contributed by atoms with Crippen molar-refractivity contribution in [1.29, 1.82) is 0 Å². The van der Waals surface area contributed by atoms with E-state index in [-0.39, 0.29) is 5.56 Å². The molecule has 0 amide bonds. The van der Waals surface area contributed by atoms with Gasteiger partial charge in [-0.3, -0.25) is 9.78 Å². The Hall–Kier alpha value is -2.79. The van der Waals surface area contributed by atoms with Gasteiger partial charge in [0.1, 0.15) is 0 Å². The van der Waals surface area contributed by atoms with Gasteiger partial charge in [0.05, 0.1) is 5.69 Å². The number of nitrogens with two attached hydrogens (primary N) is 1. The molecule has 0 saturated carbocycles. The van der Waals surface area contributed by atoms with E-state index in [9.17, 15) is 4.79 Å². The van der Waals surface area contributed by atoms with E-state index in [1.807, 2.05) is 43.3 Å². The number of aromatic amines is 1. The van der Waals surface area contributed by atoms with Crippen molar-refractivity contribution < 1.29 is 0 Å². The molecule has 0 unspecified atom stereocenters. The number of halogens is 1. The monoisotopic (exact) mass is 340 g/mol. The van der Waals surface area contributed by atoms with Gasteiger partial charge in [-0.25, -0.2) is 4.98 Å². The summed E-state index contributed by atoms with van der Waals surface area (Å²) in [5.74, 6) is 0.405. The van der Waals surface area contributed by atoms with E-state index in [1.165, 1.54) is 0 Å². The minimum Gasteiger partial charge on any atom is -0.399 e. The lowest BCUT2D eigenvalue weighted by molar-refractivity contribution is 0.986. The molecule has 0 aliphatic rings. The molecule has 0 saturated heterocycles. The van der Waals surface area contributed by atoms with Crippen LogP contribution in [-0.2, 0) is 6.42 Å². The molecular formula is C18H17ClN4O. The maximum atomic E-state index is 12.4. The maximum absolute atomic E-state index is 12.4. The van der Waals surface area contributed by atoms with Gasteiger partial charge in [0.2, 0.25) is 5.95 Å². The van der Waals surface area contributed by atoms with Gasteiger partial charge in [0, 0.05) is 28.4 Å². The van der Waals surface area contributed by atoms with E-state index in [4.69, 9.17) is 17.3 Å². The highest BCUT2D eigenvalue weighted by atomic mass is 35.5. The quantitative estimate of drug-likeness (QED) is 0.633. The molecule has 24 heavy (non-hydrogen) atoms. The second kappa shape index (κ2) is 6.76. The van der Waals surface area contributed by atoms with Gasteiger partial charge in [0.15, 0.2) is 0 Å². The van der Waals surface area contributed by atoms with Gasteiger partial charge in [-0.05, 0) is 48.9 Å². The maximum Gasteiger partial charge on any atom is 0.256 e. The second-order valence-electron chi connectivity index (χ2n) is 5.53. The summed E-state index contributed by atoms with van der Waals surface area (Å²) in [7, 11) is 0. The second-order valence-corrected chi connectivity index (χ2v) is 5.97. The molecule has 1 heterocycles. The van der Waals surface area contributed by atoms with Gasteiger partial charge in [-0.2, -0.15) is 0 Å². The van der Waals surface area contributed by atoms with Crippen LogP contribution in [0.1, 0.15) is 16.8 Å². The van der Waals surface area contributed by atoms with Gasteiger partial charge in [-0.15, -0.1) is 0 Å². The molecule has 122 valence electrons. The molecule has 2 aromatic carbocycles. The van der Waals surface area contributed by atoms with Gasteiger partial charge < -0.3 is 11.1 Å². The van der Waals surface area contributed by atoms with Crippen LogP contribution in [0.15, 0.2) is 53.3 Å². The predicted molar refractivity (Wildman–Crippen MR) is 98.0 cm³/mol. The van der Waals surface area contributed by atoms with Crippen LogP contribution < -0.4 is 16.6 Å². The highest BCUT2D eigenvalue weighted by molar-refractivity contribution is 6.30. The molecule has 0 atom stereocenters. The van der Waals surface area contributed by atoms with E-state index in [0.29, 0.717) is 34.3 Å². The van der Waals surface area contributed by atoms with E-state index in [1.54, 1.807) is 12.1 Å². The van der Waals surface area contributed by atoms with Crippen LogP contribution in [0.3, 0.4) is 0 Å². The minimum absolute atomic E-state index is 0.157. The summed E-state index contributed by atoms with van der Waals surface area (Å²) >= 11 is 5.89. The normalized spacial score (nSPS) is 10.6. The average Bonchev–Trinajstić information content (AvgIpc) is 2.55. The van der Waals surface area contributed by atoms with Crippen molar-refractivity contribution in [3.8, 4) is 0 Å². The summed E-state index contributed by atoms with van der Waals surface area (Å²) in [6.45, 7) is 1.83. The van der Waals surface area contributed by atoms with E-state index in [0.717, 1.165) is 11.3 Å². The molecule has 1 aromatic heterocycles. The van der Waals surface area contributed by atoms with Crippen molar-refractivity contribution >= 4 is 28.9 Å². The molecular weight excluding hydrogens is 324 g/mol. The summed E-state index contributed by atoms with van der Waals surface area (Å²) < 4.78 is 0. The van der Waals surface area contributed by atoms with Crippen LogP contribution >= 0.6 is 11.6 Å². The van der Waals surface area contributed by atoms with E-state index in [2.05, 4.69) is 15.3 Å². The molecule has 0 aliphatic carbocycles. The first-order chi connectivity index (χ1) is 11.5. The number of benzene rings is 2. The molecule has 5 nitrogen and oxygen atoms in total. The molecule has 0 aliphatic heterocycles. The largest absolute Gasteiger partial charge is 0.399 e. The third-order valence-corrected chi connectivity index (χ3v) is 3.94. The highest BCUT2D eigenvalue weighted by Crippen LogP contribution is 2.16. The summed E-state index contributed by atoms with van der Waals surface area (Å²) in [4.78, 5) is 19.6. The first-order valence-electron chi connectivity index (χ1n) is 7.48. The zero-order chi connectivity index (χ0) is 17.1. The standard InChI is InChI=1S/C18H17ClN4O/c1-11-16(10-12-2-4-13(19)5-3-12)17(24)23-18(21-11)22-15-8-6-14(20)7-9-15/h2-9H,10,20H2,1H3,(H2,21,22,23,24). The Balaban J connectivity index is 1.84. The average molecular weight is 341 g/mol. The fourth-order valence-corrected chi connectivity index (χ4v) is 2.51. The zero-order valence-electron chi connectivity index (χ0n) is 13.1. The number of nitrogens with zero attached hydrogens (tertiary/aromatic N) is 1. The van der Waals surface area contributed by atoms with Crippen molar-refractivity contribution in [1.82, 2.24) is 9.97 Å². The smallest absolute Gasteiger partial charge is 0.256 e.